The number of fused-ring (bicyclic) bond motifs is 1. The van der Waals surface area contributed by atoms with E-state index in [1.807, 2.05) is 0 Å². The van der Waals surface area contributed by atoms with Crippen molar-refractivity contribution >= 4 is 51.6 Å². The van der Waals surface area contributed by atoms with Crippen molar-refractivity contribution in [2.75, 3.05) is 17.7 Å². The van der Waals surface area contributed by atoms with E-state index in [0.717, 1.165) is 5.56 Å². The standard InChI is InChI=1S/C24H20ClFN6O4/c1-36-21-10-19-16(22(29-12-28-19)30-15-6-7-18(26)17(25)8-15)9-20(21)31-24(34)27-11-13-2-4-14(5-3-13)23(33)32-35/h2-10,12,35H,11H2,1H3,(H,32,33)(H2,27,31,34)(H,28,29,30). The molecule has 0 aliphatic rings. The summed E-state index contributed by atoms with van der Waals surface area (Å²) in [5.74, 6) is -0.369. The van der Waals surface area contributed by atoms with E-state index >= 15 is 0 Å². The van der Waals surface area contributed by atoms with Gasteiger partial charge in [0.2, 0.25) is 0 Å². The van der Waals surface area contributed by atoms with E-state index in [-0.39, 0.29) is 17.1 Å². The normalized spacial score (nSPS) is 10.6. The topological polar surface area (TPSA) is 138 Å². The molecule has 0 spiro atoms. The fourth-order valence-electron chi connectivity index (χ4n) is 3.35. The zero-order chi connectivity index (χ0) is 25.7. The lowest BCUT2D eigenvalue weighted by atomic mass is 10.1. The first kappa shape index (κ1) is 24.6. The molecule has 0 fully saturated rings. The predicted octanol–water partition coefficient (Wildman–Crippen LogP) is 4.62. The van der Waals surface area contributed by atoms with Gasteiger partial charge in [0.1, 0.15) is 23.7 Å². The fraction of sp³-hybridized carbons (Fsp3) is 0.0833. The maximum atomic E-state index is 13.5. The molecule has 4 aromatic rings. The maximum Gasteiger partial charge on any atom is 0.319 e. The second-order valence-corrected chi connectivity index (χ2v) is 7.90. The van der Waals surface area contributed by atoms with E-state index in [9.17, 15) is 14.0 Å². The van der Waals surface area contributed by atoms with Crippen molar-refractivity contribution in [3.8, 4) is 5.75 Å². The smallest absolute Gasteiger partial charge is 0.319 e. The molecular formula is C24H20ClFN6O4. The minimum Gasteiger partial charge on any atom is -0.494 e. The lowest BCUT2D eigenvalue weighted by Crippen LogP contribution is -2.28. The highest BCUT2D eigenvalue weighted by Gasteiger charge is 2.14. The summed E-state index contributed by atoms with van der Waals surface area (Å²) >= 11 is 5.88. The second kappa shape index (κ2) is 10.8. The van der Waals surface area contributed by atoms with Crippen molar-refractivity contribution in [3.05, 3.63) is 82.9 Å². The highest BCUT2D eigenvalue weighted by atomic mass is 35.5. The van der Waals surface area contributed by atoms with Crippen molar-refractivity contribution < 1.29 is 23.9 Å². The van der Waals surface area contributed by atoms with E-state index in [1.54, 1.807) is 29.7 Å². The molecule has 0 atom stereocenters. The van der Waals surface area contributed by atoms with Gasteiger partial charge in [-0.1, -0.05) is 23.7 Å². The molecule has 184 valence electrons. The third kappa shape index (κ3) is 5.59. The number of carbonyl (C=O) groups is 2. The van der Waals surface area contributed by atoms with Gasteiger partial charge in [-0.05, 0) is 42.0 Å². The summed E-state index contributed by atoms with van der Waals surface area (Å²) in [5.41, 5.74) is 4.02. The Kier molecular flexibility index (Phi) is 7.42. The van der Waals surface area contributed by atoms with Crippen molar-refractivity contribution in [1.29, 1.82) is 0 Å². The molecule has 1 heterocycles. The number of halogens is 2. The van der Waals surface area contributed by atoms with E-state index in [4.69, 9.17) is 21.5 Å². The third-order valence-corrected chi connectivity index (χ3v) is 5.45. The van der Waals surface area contributed by atoms with Gasteiger partial charge in [-0.3, -0.25) is 10.0 Å². The number of benzene rings is 3. The summed E-state index contributed by atoms with van der Waals surface area (Å²) in [6.07, 6.45) is 1.37. The summed E-state index contributed by atoms with van der Waals surface area (Å²) in [6, 6.07) is 13.4. The Labute approximate surface area is 209 Å². The SMILES string of the molecule is COc1cc2ncnc(Nc3ccc(F)c(Cl)c3)c2cc1NC(=O)NCc1ccc(C(=O)NO)cc1. The quantitative estimate of drug-likeness (QED) is 0.181. The summed E-state index contributed by atoms with van der Waals surface area (Å²) in [7, 11) is 1.47. The lowest BCUT2D eigenvalue weighted by Gasteiger charge is -2.14. The lowest BCUT2D eigenvalue weighted by molar-refractivity contribution is 0.0706. The number of hydrogen-bond acceptors (Lipinski definition) is 7. The molecule has 3 aromatic carbocycles. The van der Waals surface area contributed by atoms with Crippen molar-refractivity contribution in [1.82, 2.24) is 20.8 Å². The summed E-state index contributed by atoms with van der Waals surface area (Å²) in [4.78, 5) is 32.5. The Morgan fingerprint density at radius 2 is 1.86 bits per heavy atom. The van der Waals surface area contributed by atoms with Crippen LogP contribution in [-0.2, 0) is 6.54 Å². The fourth-order valence-corrected chi connectivity index (χ4v) is 3.53. The predicted molar refractivity (Wildman–Crippen MR) is 132 cm³/mol. The molecular weight excluding hydrogens is 491 g/mol. The van der Waals surface area contributed by atoms with E-state index in [2.05, 4.69) is 25.9 Å². The molecule has 0 aliphatic heterocycles. The number of aromatic nitrogens is 2. The second-order valence-electron chi connectivity index (χ2n) is 7.49. The van der Waals surface area contributed by atoms with Crippen LogP contribution in [0.15, 0.2) is 60.9 Å². The maximum absolute atomic E-state index is 13.5. The first-order chi connectivity index (χ1) is 17.4. The number of anilines is 3. The monoisotopic (exact) mass is 510 g/mol. The van der Waals surface area contributed by atoms with Crippen LogP contribution in [0.4, 0.5) is 26.4 Å². The number of urea groups is 1. The number of nitrogens with one attached hydrogen (secondary N) is 4. The van der Waals surface area contributed by atoms with Gasteiger partial charge in [0.25, 0.3) is 5.91 Å². The Morgan fingerprint density at radius 1 is 1.08 bits per heavy atom. The number of hydrogen-bond donors (Lipinski definition) is 5. The van der Waals surface area contributed by atoms with Gasteiger partial charge < -0.3 is 20.7 Å². The van der Waals surface area contributed by atoms with Crippen LogP contribution in [0.2, 0.25) is 5.02 Å². The highest BCUT2D eigenvalue weighted by molar-refractivity contribution is 6.31. The van der Waals surface area contributed by atoms with E-state index in [0.29, 0.717) is 33.8 Å². The average molecular weight is 511 g/mol. The molecule has 5 N–H and O–H groups in total. The molecule has 0 unspecified atom stereocenters. The van der Waals surface area contributed by atoms with Gasteiger partial charge >= 0.3 is 6.03 Å². The molecule has 0 saturated heterocycles. The summed E-state index contributed by atoms with van der Waals surface area (Å²) < 4.78 is 18.9. The minimum atomic E-state index is -0.629. The molecule has 4 rings (SSSR count). The van der Waals surface area contributed by atoms with Crippen molar-refractivity contribution in [2.24, 2.45) is 0 Å². The third-order valence-electron chi connectivity index (χ3n) is 5.16. The summed E-state index contributed by atoms with van der Waals surface area (Å²) in [5, 5.41) is 17.8. The number of methoxy groups -OCH3 is 1. The Morgan fingerprint density at radius 3 is 2.56 bits per heavy atom. The number of amides is 3. The van der Waals surface area contributed by atoms with Crippen LogP contribution in [-0.4, -0.2) is 34.2 Å². The molecule has 36 heavy (non-hydrogen) atoms. The summed E-state index contributed by atoms with van der Waals surface area (Å²) in [6.45, 7) is 0.185. The van der Waals surface area contributed by atoms with Crippen LogP contribution in [0.25, 0.3) is 10.9 Å². The van der Waals surface area contributed by atoms with Crippen molar-refractivity contribution in [3.63, 3.8) is 0 Å². The zero-order valence-corrected chi connectivity index (χ0v) is 19.6. The van der Waals surface area contributed by atoms with Gasteiger partial charge in [0.05, 0.1) is 23.3 Å². The zero-order valence-electron chi connectivity index (χ0n) is 18.8. The largest absolute Gasteiger partial charge is 0.494 e. The number of hydroxylamine groups is 1. The van der Waals surface area contributed by atoms with Crippen LogP contribution in [0.3, 0.4) is 0 Å². The molecule has 0 saturated carbocycles. The minimum absolute atomic E-state index is 0.0367. The number of nitrogens with zero attached hydrogens (tertiary/aromatic N) is 2. The van der Waals surface area contributed by atoms with E-state index in [1.165, 1.54) is 43.8 Å². The molecule has 0 aliphatic carbocycles. The molecule has 0 bridgehead atoms. The van der Waals surface area contributed by atoms with Gasteiger partial charge in [-0.25, -0.2) is 24.6 Å². The van der Waals surface area contributed by atoms with E-state index < -0.39 is 17.8 Å². The van der Waals surface area contributed by atoms with Crippen LogP contribution >= 0.6 is 11.6 Å². The van der Waals surface area contributed by atoms with Gasteiger partial charge in [-0.2, -0.15) is 0 Å². The van der Waals surface area contributed by atoms with Gasteiger partial charge in [-0.15, -0.1) is 0 Å². The number of carbonyl (C=O) groups excluding carboxylic acids is 2. The Balaban J connectivity index is 1.52. The average Bonchev–Trinajstić information content (AvgIpc) is 2.89. The highest BCUT2D eigenvalue weighted by Crippen LogP contribution is 2.33. The van der Waals surface area contributed by atoms with Crippen LogP contribution in [0.5, 0.6) is 5.75 Å². The Bertz CT molecular complexity index is 1430. The van der Waals surface area contributed by atoms with Crippen LogP contribution in [0, 0.1) is 5.82 Å². The number of ether oxygens (including phenoxy) is 1. The van der Waals surface area contributed by atoms with Gasteiger partial charge in [0.15, 0.2) is 0 Å². The van der Waals surface area contributed by atoms with Crippen molar-refractivity contribution in [2.45, 2.75) is 6.54 Å². The number of rotatable bonds is 7. The molecule has 1 aromatic heterocycles. The first-order valence-corrected chi connectivity index (χ1v) is 10.9. The molecule has 0 radical (unpaired) electrons. The van der Waals surface area contributed by atoms with Gasteiger partial charge in [0, 0.05) is 29.2 Å². The molecule has 12 heteroatoms. The van der Waals surface area contributed by atoms with Crippen LogP contribution in [0.1, 0.15) is 15.9 Å². The Hall–Kier alpha value is -4.48. The molecule has 10 nitrogen and oxygen atoms in total. The van der Waals surface area contributed by atoms with Crippen LogP contribution < -0.4 is 26.2 Å². The first-order valence-electron chi connectivity index (χ1n) is 10.5. The molecule has 3 amide bonds.